The molecule has 0 aliphatic rings. The summed E-state index contributed by atoms with van der Waals surface area (Å²) in [6.45, 7) is 5.05. The zero-order valence-corrected chi connectivity index (χ0v) is 13.9. The number of para-hydroxylation sites is 1. The lowest BCUT2D eigenvalue weighted by Crippen LogP contribution is -2.22. The van der Waals surface area contributed by atoms with Crippen molar-refractivity contribution in [2.24, 2.45) is 4.99 Å². The number of hydrogen-bond acceptors (Lipinski definition) is 2. The minimum absolute atomic E-state index is 0.0697. The Morgan fingerprint density at radius 2 is 1.74 bits per heavy atom. The molecule has 0 fully saturated rings. The molecule has 2 aromatic rings. The van der Waals surface area contributed by atoms with E-state index in [4.69, 9.17) is 23.2 Å². The number of hydrogen-bond donors (Lipinski definition) is 0. The van der Waals surface area contributed by atoms with Crippen molar-refractivity contribution in [2.75, 3.05) is 10.9 Å². The minimum atomic E-state index is -0.717. The Labute approximate surface area is 143 Å². The first-order valence-electron chi connectivity index (χ1n) is 6.71. The molecule has 2 nitrogen and oxygen atoms in total. The Morgan fingerprint density at radius 3 is 2.26 bits per heavy atom. The SMILES string of the molecule is C=N/C(C)=C(/c1c(F)cccc1F)N(CCl)c1ccccc1Cl. The standard InChI is InChI=1S/C17H14Cl2F2N2/c1-11(22-2)17(16-13(20)7-5-8-14(16)21)23(10-18)15-9-4-3-6-12(15)19/h3-9H,2,10H2,1H3/b17-11-. The second-order valence-corrected chi connectivity index (χ2v) is 5.33. The Morgan fingerprint density at radius 1 is 1.13 bits per heavy atom. The van der Waals surface area contributed by atoms with Gasteiger partial charge in [0.25, 0.3) is 0 Å². The monoisotopic (exact) mass is 354 g/mol. The maximum absolute atomic E-state index is 14.3. The van der Waals surface area contributed by atoms with E-state index in [0.29, 0.717) is 16.4 Å². The van der Waals surface area contributed by atoms with Gasteiger partial charge in [-0.25, -0.2) is 8.78 Å². The van der Waals surface area contributed by atoms with Gasteiger partial charge in [-0.2, -0.15) is 0 Å². The van der Waals surface area contributed by atoms with Crippen LogP contribution in [-0.4, -0.2) is 12.7 Å². The van der Waals surface area contributed by atoms with Crippen LogP contribution in [0.4, 0.5) is 14.5 Å². The molecule has 0 amide bonds. The first-order chi connectivity index (χ1) is 11.0. The predicted octanol–water partition coefficient (Wildman–Crippen LogP) is 5.71. The van der Waals surface area contributed by atoms with Gasteiger partial charge in [0.15, 0.2) is 0 Å². The van der Waals surface area contributed by atoms with Gasteiger partial charge < -0.3 is 4.90 Å². The summed E-state index contributed by atoms with van der Waals surface area (Å²) >= 11 is 12.3. The van der Waals surface area contributed by atoms with E-state index in [2.05, 4.69) is 11.7 Å². The molecule has 6 heteroatoms. The highest BCUT2D eigenvalue weighted by Crippen LogP contribution is 2.36. The van der Waals surface area contributed by atoms with Gasteiger partial charge in [0.2, 0.25) is 0 Å². The van der Waals surface area contributed by atoms with Crippen molar-refractivity contribution in [1.29, 1.82) is 0 Å². The second-order valence-electron chi connectivity index (χ2n) is 4.69. The molecule has 0 radical (unpaired) electrons. The largest absolute Gasteiger partial charge is 0.324 e. The number of allylic oxidation sites excluding steroid dienone is 1. The van der Waals surface area contributed by atoms with Gasteiger partial charge >= 0.3 is 0 Å². The van der Waals surface area contributed by atoms with Crippen molar-refractivity contribution >= 4 is 41.3 Å². The summed E-state index contributed by atoms with van der Waals surface area (Å²) in [6, 6.07) is 10.5. The molecule has 0 N–H and O–H groups in total. The topological polar surface area (TPSA) is 15.6 Å². The van der Waals surface area contributed by atoms with Gasteiger partial charge in [0.1, 0.15) is 11.6 Å². The van der Waals surface area contributed by atoms with Gasteiger partial charge in [-0.1, -0.05) is 29.8 Å². The molecule has 0 unspecified atom stereocenters. The van der Waals surface area contributed by atoms with Crippen LogP contribution in [-0.2, 0) is 0 Å². The number of aliphatic imine (C=N–C) groups is 1. The van der Waals surface area contributed by atoms with E-state index in [9.17, 15) is 8.78 Å². The lowest BCUT2D eigenvalue weighted by Gasteiger charge is -2.27. The fraction of sp³-hybridized carbons (Fsp3) is 0.118. The van der Waals surface area contributed by atoms with Gasteiger partial charge in [-0.3, -0.25) is 4.99 Å². The van der Waals surface area contributed by atoms with Crippen LogP contribution < -0.4 is 4.90 Å². The summed E-state index contributed by atoms with van der Waals surface area (Å²) in [4.78, 5) is 5.32. The molecule has 0 aromatic heterocycles. The Hall–Kier alpha value is -1.91. The van der Waals surface area contributed by atoms with E-state index in [1.165, 1.54) is 23.1 Å². The minimum Gasteiger partial charge on any atom is -0.324 e. The summed E-state index contributed by atoms with van der Waals surface area (Å²) < 4.78 is 28.5. The molecule has 0 atom stereocenters. The summed E-state index contributed by atoms with van der Waals surface area (Å²) in [5.41, 5.74) is 0.802. The molecule has 0 heterocycles. The molecule has 2 aromatic carbocycles. The van der Waals surface area contributed by atoms with E-state index in [-0.39, 0.29) is 17.3 Å². The first-order valence-corrected chi connectivity index (χ1v) is 7.62. The van der Waals surface area contributed by atoms with Gasteiger partial charge in [-0.05, 0) is 37.9 Å². The molecule has 120 valence electrons. The van der Waals surface area contributed by atoms with Crippen molar-refractivity contribution in [3.05, 3.63) is 70.4 Å². The molecule has 0 bridgehead atoms. The molecule has 0 aliphatic carbocycles. The highest BCUT2D eigenvalue weighted by molar-refractivity contribution is 6.33. The zero-order chi connectivity index (χ0) is 17.0. The summed E-state index contributed by atoms with van der Waals surface area (Å²) in [5.74, 6) is -1.43. The maximum atomic E-state index is 14.3. The highest BCUT2D eigenvalue weighted by Gasteiger charge is 2.23. The van der Waals surface area contributed by atoms with Crippen molar-refractivity contribution in [3.8, 4) is 0 Å². The predicted molar refractivity (Wildman–Crippen MR) is 93.2 cm³/mol. The number of rotatable bonds is 5. The van der Waals surface area contributed by atoms with E-state index >= 15 is 0 Å². The van der Waals surface area contributed by atoms with Gasteiger partial charge in [0.05, 0.1) is 33.7 Å². The maximum Gasteiger partial charge on any atom is 0.135 e. The number of anilines is 1. The van der Waals surface area contributed by atoms with E-state index < -0.39 is 11.6 Å². The van der Waals surface area contributed by atoms with Crippen molar-refractivity contribution in [2.45, 2.75) is 6.92 Å². The van der Waals surface area contributed by atoms with Crippen LogP contribution in [0.3, 0.4) is 0 Å². The quantitative estimate of drug-likeness (QED) is 0.381. The van der Waals surface area contributed by atoms with Crippen LogP contribution in [0.2, 0.25) is 5.02 Å². The van der Waals surface area contributed by atoms with E-state index in [0.717, 1.165) is 0 Å². The molecule has 0 saturated carbocycles. The smallest absolute Gasteiger partial charge is 0.135 e. The van der Waals surface area contributed by atoms with Crippen LogP contribution in [0.25, 0.3) is 5.70 Å². The third-order valence-corrected chi connectivity index (χ3v) is 3.87. The summed E-state index contributed by atoms with van der Waals surface area (Å²) in [5, 5.41) is 0.402. The number of halogens is 4. The molecular formula is C17H14Cl2F2N2. The van der Waals surface area contributed by atoms with Crippen LogP contribution in [0.1, 0.15) is 12.5 Å². The lowest BCUT2D eigenvalue weighted by molar-refractivity contribution is 0.575. The Bertz CT molecular complexity index is 740. The first kappa shape index (κ1) is 17.4. The molecule has 0 aliphatic heterocycles. The van der Waals surface area contributed by atoms with Gasteiger partial charge in [-0.15, -0.1) is 11.6 Å². The third kappa shape index (κ3) is 3.54. The number of nitrogens with zero attached hydrogens (tertiary/aromatic N) is 2. The van der Waals surface area contributed by atoms with E-state index in [1.807, 2.05) is 0 Å². The van der Waals surface area contributed by atoms with Crippen molar-refractivity contribution < 1.29 is 8.78 Å². The molecule has 2 rings (SSSR count). The fourth-order valence-electron chi connectivity index (χ4n) is 2.23. The third-order valence-electron chi connectivity index (χ3n) is 3.31. The van der Waals surface area contributed by atoms with Crippen LogP contribution in [0, 0.1) is 11.6 Å². The summed E-state index contributed by atoms with van der Waals surface area (Å²) in [7, 11) is 0. The Kier molecular flexibility index (Phi) is 5.74. The fourth-order valence-corrected chi connectivity index (χ4v) is 2.71. The van der Waals surface area contributed by atoms with Crippen LogP contribution in [0.5, 0.6) is 0 Å². The molecule has 0 saturated heterocycles. The van der Waals surface area contributed by atoms with Crippen molar-refractivity contribution in [1.82, 2.24) is 0 Å². The number of benzene rings is 2. The normalized spacial score (nSPS) is 11.9. The van der Waals surface area contributed by atoms with Crippen LogP contribution >= 0.6 is 23.2 Å². The van der Waals surface area contributed by atoms with E-state index in [1.54, 1.807) is 31.2 Å². The molecule has 0 spiro atoms. The number of alkyl halides is 1. The summed E-state index contributed by atoms with van der Waals surface area (Å²) in [6.07, 6.45) is 0. The second kappa shape index (κ2) is 7.57. The zero-order valence-electron chi connectivity index (χ0n) is 12.4. The van der Waals surface area contributed by atoms with Gasteiger partial charge in [0, 0.05) is 0 Å². The van der Waals surface area contributed by atoms with Crippen molar-refractivity contribution in [3.63, 3.8) is 0 Å². The average molecular weight is 355 g/mol. The lowest BCUT2D eigenvalue weighted by atomic mass is 10.1. The average Bonchev–Trinajstić information content (AvgIpc) is 2.54. The molecular weight excluding hydrogens is 341 g/mol. The molecule has 23 heavy (non-hydrogen) atoms. The Balaban J connectivity index is 2.74. The highest BCUT2D eigenvalue weighted by atomic mass is 35.5. The van der Waals surface area contributed by atoms with Crippen LogP contribution in [0.15, 0.2) is 53.2 Å².